The predicted octanol–water partition coefficient (Wildman–Crippen LogP) is 1.08. The summed E-state index contributed by atoms with van der Waals surface area (Å²) in [4.78, 5) is 25.3. The molecule has 0 aliphatic heterocycles. The van der Waals surface area contributed by atoms with Gasteiger partial charge in [-0.15, -0.1) is 0 Å². The molecule has 9 heteroatoms. The molecule has 1 aromatic heterocycles. The number of aliphatic hydroxyl groups is 1. The summed E-state index contributed by atoms with van der Waals surface area (Å²) in [5.74, 6) is 0. The molecule has 1 heterocycles. The Kier molecular flexibility index (Phi) is 7.76. The molecule has 0 radical (unpaired) electrons. The Balaban J connectivity index is 2.88. The molecule has 8 nitrogen and oxygen atoms in total. The first kappa shape index (κ1) is 21.8. The second-order valence-corrected chi connectivity index (χ2v) is 12.2. The fraction of sp³-hybridized carbons (Fsp3) is 0.750. The zero-order chi connectivity index (χ0) is 19.3. The summed E-state index contributed by atoms with van der Waals surface area (Å²) >= 11 is 0. The van der Waals surface area contributed by atoms with Crippen LogP contribution in [0.25, 0.3) is 0 Å². The first-order valence-electron chi connectivity index (χ1n) is 8.22. The third-order valence-electron chi connectivity index (χ3n) is 4.46. The van der Waals surface area contributed by atoms with Crippen molar-refractivity contribution >= 4 is 8.32 Å². The van der Waals surface area contributed by atoms with Crippen molar-refractivity contribution in [1.29, 1.82) is 0 Å². The number of aromatic amines is 1. The molecule has 2 N–H and O–H groups in total. The zero-order valence-corrected chi connectivity index (χ0v) is 16.9. The second kappa shape index (κ2) is 8.90. The first-order chi connectivity index (χ1) is 11.5. The molecule has 0 fully saturated rings. The Labute approximate surface area is 148 Å². The van der Waals surface area contributed by atoms with Crippen molar-refractivity contribution in [2.75, 3.05) is 26.9 Å². The minimum atomic E-state index is -1.99. The van der Waals surface area contributed by atoms with Gasteiger partial charge < -0.3 is 19.0 Å². The maximum atomic E-state index is 12.0. The molecule has 2 atom stereocenters. The number of rotatable bonds is 9. The quantitative estimate of drug-likeness (QED) is 0.627. The smallest absolute Gasteiger partial charge is 0.330 e. The van der Waals surface area contributed by atoms with Crippen LogP contribution < -0.4 is 11.2 Å². The number of hydrogen-bond acceptors (Lipinski definition) is 6. The number of nitrogens with one attached hydrogen (secondary N) is 1. The van der Waals surface area contributed by atoms with Gasteiger partial charge in [0.1, 0.15) is 6.10 Å². The van der Waals surface area contributed by atoms with E-state index in [-0.39, 0.29) is 24.9 Å². The van der Waals surface area contributed by atoms with Crippen LogP contribution in [0.15, 0.2) is 21.9 Å². The topological polar surface area (TPSA) is 103 Å². The largest absolute Gasteiger partial charge is 0.414 e. The molecule has 0 saturated carbocycles. The molecular formula is C16H30N2O6Si. The van der Waals surface area contributed by atoms with Crippen molar-refractivity contribution in [3.63, 3.8) is 0 Å². The van der Waals surface area contributed by atoms with E-state index in [1.54, 1.807) is 0 Å². The lowest BCUT2D eigenvalue weighted by atomic mass is 10.2. The van der Waals surface area contributed by atoms with Gasteiger partial charge in [0.15, 0.2) is 14.5 Å². The van der Waals surface area contributed by atoms with Crippen LogP contribution in [0.1, 0.15) is 27.0 Å². The Morgan fingerprint density at radius 3 is 2.40 bits per heavy atom. The molecule has 25 heavy (non-hydrogen) atoms. The minimum absolute atomic E-state index is 0.0365. The standard InChI is InChI=1S/C16H30N2O6Si/c1-16(2,3)25(5,6)23-10-12(9-19)24-14(11-22-4)18-8-7-13(20)17-15(18)21/h7-8,12,14,19H,9-11H2,1-6H3,(H,17,20,21)/t12-,14-/m1/s1. The van der Waals surface area contributed by atoms with Gasteiger partial charge in [0.2, 0.25) is 0 Å². The van der Waals surface area contributed by atoms with Crippen molar-refractivity contribution in [3.8, 4) is 0 Å². The molecule has 1 rings (SSSR count). The first-order valence-corrected chi connectivity index (χ1v) is 11.1. The predicted molar refractivity (Wildman–Crippen MR) is 97.3 cm³/mol. The molecular weight excluding hydrogens is 344 g/mol. The van der Waals surface area contributed by atoms with Gasteiger partial charge >= 0.3 is 5.69 Å². The third-order valence-corrected chi connectivity index (χ3v) is 8.96. The molecule has 0 saturated heterocycles. The van der Waals surface area contributed by atoms with E-state index >= 15 is 0 Å². The molecule has 0 aliphatic rings. The average molecular weight is 375 g/mol. The highest BCUT2D eigenvalue weighted by atomic mass is 28.4. The van der Waals surface area contributed by atoms with Gasteiger partial charge in [-0.25, -0.2) is 4.79 Å². The van der Waals surface area contributed by atoms with Crippen LogP contribution in [0.5, 0.6) is 0 Å². The van der Waals surface area contributed by atoms with E-state index < -0.39 is 31.9 Å². The number of aliphatic hydroxyl groups excluding tert-OH is 1. The lowest BCUT2D eigenvalue weighted by molar-refractivity contribution is -0.117. The number of ether oxygens (including phenoxy) is 2. The highest BCUT2D eigenvalue weighted by Crippen LogP contribution is 2.36. The summed E-state index contributed by atoms with van der Waals surface area (Å²) in [6, 6.07) is 1.23. The summed E-state index contributed by atoms with van der Waals surface area (Å²) in [5, 5.41) is 9.66. The van der Waals surface area contributed by atoms with Crippen molar-refractivity contribution in [3.05, 3.63) is 33.1 Å². The Bertz CT molecular complexity index is 649. The van der Waals surface area contributed by atoms with Crippen LogP contribution >= 0.6 is 0 Å². The maximum Gasteiger partial charge on any atom is 0.330 e. The lowest BCUT2D eigenvalue weighted by Crippen LogP contribution is -2.44. The Hall–Kier alpha value is -1.26. The van der Waals surface area contributed by atoms with Crippen LogP contribution in [-0.4, -0.2) is 56.0 Å². The van der Waals surface area contributed by atoms with Crippen molar-refractivity contribution in [2.45, 2.75) is 51.2 Å². The zero-order valence-electron chi connectivity index (χ0n) is 15.9. The molecule has 0 amide bonds. The van der Waals surface area contributed by atoms with Gasteiger partial charge in [0, 0.05) is 19.4 Å². The van der Waals surface area contributed by atoms with E-state index in [1.807, 2.05) is 0 Å². The van der Waals surface area contributed by atoms with Gasteiger partial charge in [0.25, 0.3) is 5.56 Å². The van der Waals surface area contributed by atoms with Gasteiger partial charge in [-0.3, -0.25) is 14.3 Å². The SMILES string of the molecule is COC[C@@H](O[C@H](CO)CO[Si](C)(C)C(C)(C)C)n1ccc(=O)[nH]c1=O. The van der Waals surface area contributed by atoms with E-state index in [9.17, 15) is 14.7 Å². The van der Waals surface area contributed by atoms with Gasteiger partial charge in [-0.2, -0.15) is 0 Å². The van der Waals surface area contributed by atoms with Crippen LogP contribution in [-0.2, 0) is 13.9 Å². The summed E-state index contributed by atoms with van der Waals surface area (Å²) in [7, 11) is -0.510. The Morgan fingerprint density at radius 2 is 1.92 bits per heavy atom. The summed E-state index contributed by atoms with van der Waals surface area (Å²) in [6.45, 7) is 10.6. The number of hydrogen-bond donors (Lipinski definition) is 2. The van der Waals surface area contributed by atoms with Crippen molar-refractivity contribution in [1.82, 2.24) is 9.55 Å². The van der Waals surface area contributed by atoms with Gasteiger partial charge in [-0.1, -0.05) is 20.8 Å². The highest BCUT2D eigenvalue weighted by Gasteiger charge is 2.37. The lowest BCUT2D eigenvalue weighted by Gasteiger charge is -2.37. The summed E-state index contributed by atoms with van der Waals surface area (Å²) in [5.41, 5.74) is -1.09. The average Bonchev–Trinajstić information content (AvgIpc) is 2.49. The van der Waals surface area contributed by atoms with E-state index in [1.165, 1.54) is 23.9 Å². The summed E-state index contributed by atoms with van der Waals surface area (Å²) in [6.07, 6.45) is -0.0591. The van der Waals surface area contributed by atoms with Crippen LogP contribution in [0.3, 0.4) is 0 Å². The molecule has 0 unspecified atom stereocenters. The summed E-state index contributed by atoms with van der Waals surface area (Å²) < 4.78 is 18.2. The normalized spacial score (nSPS) is 15.2. The molecule has 0 bridgehead atoms. The Morgan fingerprint density at radius 1 is 1.28 bits per heavy atom. The maximum absolute atomic E-state index is 12.0. The molecule has 144 valence electrons. The number of aromatic nitrogens is 2. The number of nitrogens with zero attached hydrogens (tertiary/aromatic N) is 1. The van der Waals surface area contributed by atoms with Crippen LogP contribution in [0.4, 0.5) is 0 Å². The van der Waals surface area contributed by atoms with Crippen molar-refractivity contribution in [2.24, 2.45) is 0 Å². The fourth-order valence-electron chi connectivity index (χ4n) is 1.86. The second-order valence-electron chi connectivity index (χ2n) is 7.44. The van der Waals surface area contributed by atoms with Crippen molar-refractivity contribution < 1.29 is 19.0 Å². The third kappa shape index (κ3) is 6.19. The number of H-pyrrole nitrogens is 1. The minimum Gasteiger partial charge on any atom is -0.414 e. The van der Waals surface area contributed by atoms with E-state index in [4.69, 9.17) is 13.9 Å². The molecule has 0 aliphatic carbocycles. The van der Waals surface area contributed by atoms with E-state index in [2.05, 4.69) is 38.8 Å². The highest BCUT2D eigenvalue weighted by molar-refractivity contribution is 6.74. The van der Waals surface area contributed by atoms with E-state index in [0.29, 0.717) is 0 Å². The molecule has 1 aromatic rings. The van der Waals surface area contributed by atoms with Crippen LogP contribution in [0.2, 0.25) is 18.1 Å². The van der Waals surface area contributed by atoms with Crippen LogP contribution in [0, 0.1) is 0 Å². The molecule has 0 aromatic carbocycles. The molecule has 0 spiro atoms. The monoisotopic (exact) mass is 374 g/mol. The van der Waals surface area contributed by atoms with Gasteiger partial charge in [0.05, 0.1) is 19.8 Å². The number of methoxy groups -OCH3 is 1. The fourth-order valence-corrected chi connectivity index (χ4v) is 2.89. The van der Waals surface area contributed by atoms with Gasteiger partial charge in [-0.05, 0) is 18.1 Å². The van der Waals surface area contributed by atoms with E-state index in [0.717, 1.165) is 0 Å².